The zero-order valence-electron chi connectivity index (χ0n) is 13.8. The minimum Gasteiger partial charge on any atom is -0.406 e. The molecule has 5 nitrogen and oxygen atoms in total. The number of carbonyl (C=O) groups excluding carboxylic acids is 1. The number of alkyl halides is 3. The maximum Gasteiger partial charge on any atom is 0.573 e. The third-order valence-corrected chi connectivity index (χ3v) is 4.08. The van der Waals surface area contributed by atoms with Crippen molar-refractivity contribution in [3.05, 3.63) is 53.6 Å². The first kappa shape index (κ1) is 18.1. The Morgan fingerprint density at radius 3 is 2.38 bits per heavy atom. The van der Waals surface area contributed by atoms with Crippen molar-refractivity contribution in [2.24, 2.45) is 5.73 Å². The van der Waals surface area contributed by atoms with Gasteiger partial charge >= 0.3 is 12.4 Å². The molecule has 1 aliphatic carbocycles. The minimum atomic E-state index is -4.75. The molecule has 2 aromatic carbocycles. The smallest absolute Gasteiger partial charge is 0.406 e. The molecule has 1 aliphatic rings. The number of ether oxygens (including phenoxy) is 1. The fourth-order valence-electron chi connectivity index (χ4n) is 2.89. The quantitative estimate of drug-likeness (QED) is 0.768. The number of hydrogen-bond acceptors (Lipinski definition) is 3. The van der Waals surface area contributed by atoms with Crippen LogP contribution in [0.3, 0.4) is 0 Å². The molecular formula is C18H18F3N3O2. The third-order valence-electron chi connectivity index (χ3n) is 4.08. The number of aryl methyl sites for hydroxylation is 1. The van der Waals surface area contributed by atoms with Crippen LogP contribution < -0.4 is 21.1 Å². The molecular weight excluding hydrogens is 347 g/mol. The van der Waals surface area contributed by atoms with Crippen LogP contribution in [-0.4, -0.2) is 18.4 Å². The molecule has 0 bridgehead atoms. The standard InChI is InChI=1S/C18H18F3N3O2/c19-18(20,21)26-16-7-5-14(6-8-16)23-17(25)24-15-4-2-11-9-13(22)3-1-12(11)10-15/h2,4-8,10,13H,1,3,9,22H2,(H2,23,24,25)/t13-/m0/s1. The van der Waals surface area contributed by atoms with Gasteiger partial charge in [0.05, 0.1) is 0 Å². The highest BCUT2D eigenvalue weighted by atomic mass is 19.4. The molecule has 0 heterocycles. The molecule has 138 valence electrons. The number of nitrogens with one attached hydrogen (secondary N) is 2. The summed E-state index contributed by atoms with van der Waals surface area (Å²) in [5, 5.41) is 5.27. The summed E-state index contributed by atoms with van der Waals surface area (Å²) < 4.78 is 40.2. The predicted octanol–water partition coefficient (Wildman–Crippen LogP) is 4.05. The van der Waals surface area contributed by atoms with E-state index in [0.717, 1.165) is 37.0 Å². The molecule has 0 fully saturated rings. The average molecular weight is 365 g/mol. The summed E-state index contributed by atoms with van der Waals surface area (Å²) in [5.41, 5.74) is 9.30. The SMILES string of the molecule is N[C@H]1CCc2cc(NC(=O)Nc3ccc(OC(F)(F)F)cc3)ccc2C1. The van der Waals surface area contributed by atoms with Crippen LogP contribution in [0.5, 0.6) is 5.75 Å². The topological polar surface area (TPSA) is 76.4 Å². The highest BCUT2D eigenvalue weighted by Crippen LogP contribution is 2.25. The Kier molecular flexibility index (Phi) is 5.03. The lowest BCUT2D eigenvalue weighted by Gasteiger charge is -2.22. The Labute approximate surface area is 148 Å². The van der Waals surface area contributed by atoms with Gasteiger partial charge in [-0.05, 0) is 66.8 Å². The fraction of sp³-hybridized carbons (Fsp3) is 0.278. The van der Waals surface area contributed by atoms with E-state index in [2.05, 4.69) is 15.4 Å². The van der Waals surface area contributed by atoms with Gasteiger partial charge in [0, 0.05) is 17.4 Å². The lowest BCUT2D eigenvalue weighted by Crippen LogP contribution is -2.28. The highest BCUT2D eigenvalue weighted by Gasteiger charge is 2.30. The molecule has 8 heteroatoms. The first-order valence-electron chi connectivity index (χ1n) is 8.10. The van der Waals surface area contributed by atoms with Crippen LogP contribution in [0.15, 0.2) is 42.5 Å². The van der Waals surface area contributed by atoms with Crippen LogP contribution in [0.25, 0.3) is 0 Å². The predicted molar refractivity (Wildman–Crippen MR) is 92.2 cm³/mol. The van der Waals surface area contributed by atoms with E-state index in [-0.39, 0.29) is 11.8 Å². The lowest BCUT2D eigenvalue weighted by molar-refractivity contribution is -0.274. The first-order chi connectivity index (χ1) is 12.3. The van der Waals surface area contributed by atoms with Crippen LogP contribution >= 0.6 is 0 Å². The summed E-state index contributed by atoms with van der Waals surface area (Å²) in [7, 11) is 0. The molecule has 26 heavy (non-hydrogen) atoms. The van der Waals surface area contributed by atoms with Gasteiger partial charge in [-0.1, -0.05) is 6.07 Å². The molecule has 0 aromatic heterocycles. The number of hydrogen-bond donors (Lipinski definition) is 3. The second-order valence-electron chi connectivity index (χ2n) is 6.14. The maximum atomic E-state index is 12.1. The number of amides is 2. The van der Waals surface area contributed by atoms with Crippen molar-refractivity contribution in [2.75, 3.05) is 10.6 Å². The monoisotopic (exact) mass is 365 g/mol. The van der Waals surface area contributed by atoms with Crippen molar-refractivity contribution in [3.63, 3.8) is 0 Å². The largest absolute Gasteiger partial charge is 0.573 e. The van der Waals surface area contributed by atoms with Gasteiger partial charge in [-0.25, -0.2) is 4.79 Å². The average Bonchev–Trinajstić information content (AvgIpc) is 2.55. The highest BCUT2D eigenvalue weighted by molar-refractivity contribution is 5.99. The van der Waals surface area contributed by atoms with E-state index in [0.29, 0.717) is 11.4 Å². The summed E-state index contributed by atoms with van der Waals surface area (Å²) in [6, 6.07) is 10.3. The van der Waals surface area contributed by atoms with Crippen molar-refractivity contribution < 1.29 is 22.7 Å². The lowest BCUT2D eigenvalue weighted by atomic mass is 9.88. The molecule has 0 saturated carbocycles. The summed E-state index contributed by atoms with van der Waals surface area (Å²) >= 11 is 0. The van der Waals surface area contributed by atoms with Crippen molar-refractivity contribution in [2.45, 2.75) is 31.7 Å². The van der Waals surface area contributed by atoms with Gasteiger partial charge < -0.3 is 21.1 Å². The Morgan fingerprint density at radius 1 is 1.04 bits per heavy atom. The van der Waals surface area contributed by atoms with Crippen molar-refractivity contribution in [1.82, 2.24) is 0 Å². The number of urea groups is 1. The van der Waals surface area contributed by atoms with E-state index in [4.69, 9.17) is 5.73 Å². The minimum absolute atomic E-state index is 0.175. The number of benzene rings is 2. The second-order valence-corrected chi connectivity index (χ2v) is 6.14. The van der Waals surface area contributed by atoms with E-state index in [1.54, 1.807) is 6.07 Å². The van der Waals surface area contributed by atoms with Gasteiger partial charge in [0.2, 0.25) is 0 Å². The summed E-state index contributed by atoms with van der Waals surface area (Å²) in [5.74, 6) is -0.351. The number of halogens is 3. The van der Waals surface area contributed by atoms with Gasteiger partial charge in [-0.15, -0.1) is 13.2 Å². The molecule has 4 N–H and O–H groups in total. The van der Waals surface area contributed by atoms with Crippen molar-refractivity contribution >= 4 is 17.4 Å². The summed E-state index contributed by atoms with van der Waals surface area (Å²) in [6.07, 6.45) is -2.14. The Balaban J connectivity index is 1.59. The zero-order chi connectivity index (χ0) is 18.7. The molecule has 1 atom stereocenters. The number of anilines is 2. The number of rotatable bonds is 3. The third kappa shape index (κ3) is 4.89. The molecule has 0 radical (unpaired) electrons. The van der Waals surface area contributed by atoms with Crippen LogP contribution in [-0.2, 0) is 12.8 Å². The van der Waals surface area contributed by atoms with E-state index >= 15 is 0 Å². The van der Waals surface area contributed by atoms with E-state index in [1.165, 1.54) is 17.7 Å². The van der Waals surface area contributed by atoms with Gasteiger partial charge in [0.15, 0.2) is 0 Å². The normalized spacial score (nSPS) is 16.5. The molecule has 3 rings (SSSR count). The summed E-state index contributed by atoms with van der Waals surface area (Å²) in [4.78, 5) is 12.1. The van der Waals surface area contributed by atoms with Crippen molar-refractivity contribution in [1.29, 1.82) is 0 Å². The first-order valence-corrected chi connectivity index (χ1v) is 8.10. The molecule has 0 unspecified atom stereocenters. The van der Waals surface area contributed by atoms with Crippen LogP contribution in [0.4, 0.5) is 29.3 Å². The Bertz CT molecular complexity index is 791. The van der Waals surface area contributed by atoms with Crippen molar-refractivity contribution in [3.8, 4) is 5.75 Å². The van der Waals surface area contributed by atoms with Gasteiger partial charge in [0.25, 0.3) is 0 Å². The Hall–Kier alpha value is -2.74. The fourth-order valence-corrected chi connectivity index (χ4v) is 2.89. The molecule has 0 aliphatic heterocycles. The van der Waals surface area contributed by atoms with Crippen LogP contribution in [0, 0.1) is 0 Å². The van der Waals surface area contributed by atoms with Gasteiger partial charge in [-0.2, -0.15) is 0 Å². The molecule has 2 aromatic rings. The molecule has 2 amide bonds. The van der Waals surface area contributed by atoms with Crippen LogP contribution in [0.2, 0.25) is 0 Å². The van der Waals surface area contributed by atoms with E-state index < -0.39 is 12.4 Å². The van der Waals surface area contributed by atoms with E-state index in [1.807, 2.05) is 12.1 Å². The Morgan fingerprint density at radius 2 is 1.69 bits per heavy atom. The summed E-state index contributed by atoms with van der Waals surface area (Å²) in [6.45, 7) is 0. The maximum absolute atomic E-state index is 12.1. The number of carbonyl (C=O) groups is 1. The van der Waals surface area contributed by atoms with Gasteiger partial charge in [-0.3, -0.25) is 0 Å². The molecule has 0 spiro atoms. The second kappa shape index (κ2) is 7.25. The molecule has 0 saturated heterocycles. The number of nitrogens with two attached hydrogens (primary N) is 1. The zero-order valence-corrected chi connectivity index (χ0v) is 13.8. The number of fused-ring (bicyclic) bond motifs is 1. The van der Waals surface area contributed by atoms with Crippen LogP contribution in [0.1, 0.15) is 17.5 Å². The van der Waals surface area contributed by atoms with E-state index in [9.17, 15) is 18.0 Å². The van der Waals surface area contributed by atoms with Gasteiger partial charge in [0.1, 0.15) is 5.75 Å².